The number of aryl methyl sites for hydroxylation is 3. The predicted octanol–water partition coefficient (Wildman–Crippen LogP) is 3.84. The number of aromatic nitrogens is 1. The van der Waals surface area contributed by atoms with Crippen molar-refractivity contribution in [1.82, 2.24) is 4.98 Å². The Labute approximate surface area is 116 Å². The second kappa shape index (κ2) is 5.47. The van der Waals surface area contributed by atoms with E-state index in [1.54, 1.807) is 23.1 Å². The van der Waals surface area contributed by atoms with E-state index in [0.717, 1.165) is 11.5 Å². The van der Waals surface area contributed by atoms with Crippen LogP contribution >= 0.6 is 23.1 Å². The van der Waals surface area contributed by atoms with Gasteiger partial charge in [-0.25, -0.2) is 4.98 Å². The molecular formula is C13H18N2OS2. The first-order chi connectivity index (χ1) is 8.47. The average Bonchev–Trinajstić information content (AvgIpc) is 2.83. The molecule has 2 rings (SSSR count). The number of hydrogen-bond donors (Lipinski definition) is 1. The summed E-state index contributed by atoms with van der Waals surface area (Å²) < 4.78 is 5.62. The molecule has 0 aromatic carbocycles. The van der Waals surface area contributed by atoms with E-state index in [-0.39, 0.29) is 11.3 Å². The highest BCUT2D eigenvalue weighted by Gasteiger charge is 2.22. The number of thiophene rings is 1. The maximum Gasteiger partial charge on any atom is 0.256 e. The molecular weight excluding hydrogens is 264 g/mol. The van der Waals surface area contributed by atoms with Gasteiger partial charge in [0.1, 0.15) is 5.76 Å². The fourth-order valence-electron chi connectivity index (χ4n) is 1.63. The molecule has 0 aliphatic carbocycles. The van der Waals surface area contributed by atoms with E-state index >= 15 is 0 Å². The molecule has 3 nitrogen and oxygen atoms in total. The highest BCUT2D eigenvalue weighted by atomic mass is 32.2. The molecule has 2 unspecified atom stereocenters. The Morgan fingerprint density at radius 3 is 2.50 bits per heavy atom. The van der Waals surface area contributed by atoms with Crippen molar-refractivity contribution in [3.63, 3.8) is 0 Å². The van der Waals surface area contributed by atoms with Crippen molar-refractivity contribution < 1.29 is 4.42 Å². The molecule has 0 saturated carbocycles. The van der Waals surface area contributed by atoms with Crippen LogP contribution in [0.25, 0.3) is 0 Å². The Bertz CT molecular complexity index is 511. The summed E-state index contributed by atoms with van der Waals surface area (Å²) in [7, 11) is 0. The van der Waals surface area contributed by atoms with Crippen LogP contribution in [0.2, 0.25) is 0 Å². The number of hydrogen-bond acceptors (Lipinski definition) is 5. The predicted molar refractivity (Wildman–Crippen MR) is 77.3 cm³/mol. The Morgan fingerprint density at radius 1 is 1.33 bits per heavy atom. The van der Waals surface area contributed by atoms with Gasteiger partial charge in [-0.1, -0.05) is 11.8 Å². The van der Waals surface area contributed by atoms with Crippen LogP contribution in [0.1, 0.15) is 33.4 Å². The van der Waals surface area contributed by atoms with E-state index in [9.17, 15) is 0 Å². The third-order valence-electron chi connectivity index (χ3n) is 2.76. The van der Waals surface area contributed by atoms with Crippen LogP contribution in [0.5, 0.6) is 0 Å². The van der Waals surface area contributed by atoms with Crippen molar-refractivity contribution in [1.29, 1.82) is 0 Å². The molecule has 98 valence electrons. The normalized spacial score (nSPS) is 14.7. The maximum absolute atomic E-state index is 6.09. The molecule has 2 aromatic rings. The molecule has 0 aliphatic heterocycles. The number of rotatable bonds is 4. The Morgan fingerprint density at radius 2 is 2.06 bits per heavy atom. The summed E-state index contributed by atoms with van der Waals surface area (Å²) in [6.07, 6.45) is 0. The van der Waals surface area contributed by atoms with Crippen molar-refractivity contribution >= 4 is 23.1 Å². The van der Waals surface area contributed by atoms with Crippen LogP contribution < -0.4 is 5.73 Å². The highest BCUT2D eigenvalue weighted by Crippen LogP contribution is 2.40. The van der Waals surface area contributed by atoms with E-state index in [4.69, 9.17) is 10.2 Å². The minimum Gasteiger partial charge on any atom is -0.437 e. The van der Waals surface area contributed by atoms with Crippen LogP contribution in [0.15, 0.2) is 21.8 Å². The van der Waals surface area contributed by atoms with Gasteiger partial charge in [0.25, 0.3) is 5.22 Å². The van der Waals surface area contributed by atoms with E-state index in [0.29, 0.717) is 5.22 Å². The van der Waals surface area contributed by atoms with Crippen LogP contribution in [0.4, 0.5) is 0 Å². The second-order valence-corrected chi connectivity index (χ2v) is 6.88. The summed E-state index contributed by atoms with van der Waals surface area (Å²) >= 11 is 3.39. The number of oxazole rings is 1. The lowest BCUT2D eigenvalue weighted by molar-refractivity contribution is 0.429. The first-order valence-corrected chi connectivity index (χ1v) is 7.59. The van der Waals surface area contributed by atoms with Crippen molar-refractivity contribution in [2.24, 2.45) is 5.73 Å². The van der Waals surface area contributed by atoms with Crippen LogP contribution in [-0.4, -0.2) is 11.0 Å². The summed E-state index contributed by atoms with van der Waals surface area (Å²) in [5.41, 5.74) is 7.03. The molecule has 2 atom stereocenters. The van der Waals surface area contributed by atoms with Crippen LogP contribution in [-0.2, 0) is 0 Å². The Kier molecular flexibility index (Phi) is 4.14. The molecule has 2 N–H and O–H groups in total. The SMILES string of the molecule is Cc1ccc(C(Sc2nc(C)c(C)o2)C(C)N)s1. The largest absolute Gasteiger partial charge is 0.437 e. The molecule has 0 radical (unpaired) electrons. The number of thioether (sulfide) groups is 1. The molecule has 5 heteroatoms. The maximum atomic E-state index is 6.09. The van der Waals surface area contributed by atoms with E-state index in [2.05, 4.69) is 24.0 Å². The van der Waals surface area contributed by atoms with Gasteiger partial charge in [0.15, 0.2) is 0 Å². The monoisotopic (exact) mass is 282 g/mol. The van der Waals surface area contributed by atoms with Crippen molar-refractivity contribution in [2.45, 2.75) is 44.2 Å². The molecule has 18 heavy (non-hydrogen) atoms. The average molecular weight is 282 g/mol. The molecule has 0 bridgehead atoms. The van der Waals surface area contributed by atoms with Gasteiger partial charge >= 0.3 is 0 Å². The lowest BCUT2D eigenvalue weighted by Gasteiger charge is -2.16. The summed E-state index contributed by atoms with van der Waals surface area (Å²) in [6, 6.07) is 4.33. The minimum absolute atomic E-state index is 0.0561. The van der Waals surface area contributed by atoms with E-state index in [1.165, 1.54) is 9.75 Å². The van der Waals surface area contributed by atoms with Gasteiger partial charge in [-0.3, -0.25) is 0 Å². The zero-order valence-electron chi connectivity index (χ0n) is 11.1. The number of nitrogens with zero attached hydrogens (tertiary/aromatic N) is 1. The number of nitrogens with two attached hydrogens (primary N) is 1. The highest BCUT2D eigenvalue weighted by molar-refractivity contribution is 7.99. The van der Waals surface area contributed by atoms with Gasteiger partial charge in [0, 0.05) is 15.8 Å². The lowest BCUT2D eigenvalue weighted by Crippen LogP contribution is -2.21. The van der Waals surface area contributed by atoms with Crippen molar-refractivity contribution in [3.8, 4) is 0 Å². The van der Waals surface area contributed by atoms with E-state index < -0.39 is 0 Å². The summed E-state index contributed by atoms with van der Waals surface area (Å²) in [5.74, 6) is 0.878. The fraction of sp³-hybridized carbons (Fsp3) is 0.462. The smallest absolute Gasteiger partial charge is 0.256 e. The van der Waals surface area contributed by atoms with Crippen LogP contribution in [0.3, 0.4) is 0 Å². The van der Waals surface area contributed by atoms with Gasteiger partial charge in [0.2, 0.25) is 0 Å². The van der Waals surface area contributed by atoms with Crippen molar-refractivity contribution in [3.05, 3.63) is 33.3 Å². The fourth-order valence-corrected chi connectivity index (χ4v) is 3.89. The molecule has 2 aromatic heterocycles. The topological polar surface area (TPSA) is 52.0 Å². The lowest BCUT2D eigenvalue weighted by atomic mass is 10.2. The van der Waals surface area contributed by atoms with Crippen molar-refractivity contribution in [2.75, 3.05) is 0 Å². The quantitative estimate of drug-likeness (QED) is 0.866. The third kappa shape index (κ3) is 2.96. The molecule has 0 aliphatic rings. The third-order valence-corrected chi connectivity index (χ3v) is 5.30. The molecule has 0 fully saturated rings. The molecule has 0 saturated heterocycles. The zero-order chi connectivity index (χ0) is 13.3. The summed E-state index contributed by atoms with van der Waals surface area (Å²) in [6.45, 7) is 8.02. The molecule has 0 amide bonds. The van der Waals surface area contributed by atoms with Gasteiger partial charge < -0.3 is 10.2 Å². The summed E-state index contributed by atoms with van der Waals surface area (Å²) in [5, 5.41) is 0.902. The minimum atomic E-state index is 0.0561. The zero-order valence-corrected chi connectivity index (χ0v) is 12.7. The van der Waals surface area contributed by atoms with Gasteiger partial charge in [-0.2, -0.15) is 0 Å². The van der Waals surface area contributed by atoms with Gasteiger partial charge in [0.05, 0.1) is 10.9 Å². The summed E-state index contributed by atoms with van der Waals surface area (Å²) in [4.78, 5) is 6.99. The Balaban J connectivity index is 2.21. The first kappa shape index (κ1) is 13.6. The van der Waals surface area contributed by atoms with Crippen LogP contribution in [0, 0.1) is 20.8 Å². The van der Waals surface area contributed by atoms with Gasteiger partial charge in [-0.05, 0) is 39.8 Å². The molecule has 0 spiro atoms. The second-order valence-electron chi connectivity index (χ2n) is 4.47. The van der Waals surface area contributed by atoms with E-state index in [1.807, 2.05) is 20.8 Å². The first-order valence-electron chi connectivity index (χ1n) is 5.90. The molecule has 2 heterocycles. The standard InChI is InChI=1S/C13H18N2OS2/c1-7-5-6-11(17-7)12(8(2)14)18-13-15-9(3)10(4)16-13/h5-6,8,12H,14H2,1-4H3. The Hall–Kier alpha value is -0.780. The van der Waals surface area contributed by atoms with Gasteiger partial charge in [-0.15, -0.1) is 11.3 Å².